The number of benzene rings is 3. The number of aryl methyl sites for hydroxylation is 1. The quantitative estimate of drug-likeness (QED) is 0.374. The molecule has 120 valence electrons. The van der Waals surface area contributed by atoms with Crippen molar-refractivity contribution in [3.8, 4) is 11.5 Å². The van der Waals surface area contributed by atoms with Gasteiger partial charge in [-0.25, -0.2) is 0 Å². The molecule has 0 radical (unpaired) electrons. The standard InChI is InChI=1S/C7H9N.C6H7N.C6H6O2/c1-6-4-2-3-5-7(6)8;7-6-4-2-1-3-5-6;7-5-1-2-6(8)4-3-5/h2-5H,8H2,1H3;1-5H,7H2;1-4,7-8H. The third kappa shape index (κ3) is 8.02. The molecule has 3 aromatic carbocycles. The van der Waals surface area contributed by atoms with Crippen molar-refractivity contribution in [1.29, 1.82) is 0 Å². The second-order valence-corrected chi connectivity index (χ2v) is 4.78. The maximum absolute atomic E-state index is 8.65. The van der Waals surface area contributed by atoms with Crippen LogP contribution in [-0.2, 0) is 0 Å². The van der Waals surface area contributed by atoms with Gasteiger partial charge >= 0.3 is 0 Å². The number of rotatable bonds is 0. The molecule has 0 fully saturated rings. The highest BCUT2D eigenvalue weighted by atomic mass is 16.3. The van der Waals surface area contributed by atoms with E-state index in [9.17, 15) is 0 Å². The molecule has 0 bridgehead atoms. The number of aromatic hydroxyl groups is 2. The number of para-hydroxylation sites is 2. The SMILES string of the molecule is Cc1ccccc1N.Nc1ccccc1.Oc1ccc(O)cc1. The molecule has 4 nitrogen and oxygen atoms in total. The molecule has 0 saturated carbocycles. The highest BCUT2D eigenvalue weighted by molar-refractivity contribution is 5.44. The van der Waals surface area contributed by atoms with Crippen molar-refractivity contribution in [1.82, 2.24) is 0 Å². The Balaban J connectivity index is 0.000000173. The van der Waals surface area contributed by atoms with Crippen LogP contribution in [0.3, 0.4) is 0 Å². The van der Waals surface area contributed by atoms with Gasteiger partial charge in [-0.15, -0.1) is 0 Å². The van der Waals surface area contributed by atoms with E-state index in [0.717, 1.165) is 16.9 Å². The first-order valence-electron chi connectivity index (χ1n) is 7.08. The number of hydrogen-bond acceptors (Lipinski definition) is 4. The van der Waals surface area contributed by atoms with E-state index >= 15 is 0 Å². The molecule has 0 spiro atoms. The van der Waals surface area contributed by atoms with Crippen molar-refractivity contribution in [3.05, 3.63) is 84.4 Å². The van der Waals surface area contributed by atoms with Gasteiger partial charge in [0, 0.05) is 11.4 Å². The lowest BCUT2D eigenvalue weighted by Gasteiger charge is -1.93. The summed E-state index contributed by atoms with van der Waals surface area (Å²) >= 11 is 0. The zero-order valence-electron chi connectivity index (χ0n) is 13.1. The molecule has 0 amide bonds. The molecule has 0 atom stereocenters. The van der Waals surface area contributed by atoms with Crippen LogP contribution in [0.1, 0.15) is 5.56 Å². The number of phenolic OH excluding ortho intramolecular Hbond substituents is 2. The Labute approximate surface area is 136 Å². The van der Waals surface area contributed by atoms with E-state index in [1.165, 1.54) is 24.3 Å². The second-order valence-electron chi connectivity index (χ2n) is 4.78. The average Bonchev–Trinajstić information content (AvgIpc) is 2.55. The zero-order valence-corrected chi connectivity index (χ0v) is 13.1. The summed E-state index contributed by atoms with van der Waals surface area (Å²) in [6.45, 7) is 2.00. The molecule has 3 aromatic rings. The van der Waals surface area contributed by atoms with Crippen molar-refractivity contribution >= 4 is 11.4 Å². The van der Waals surface area contributed by atoms with E-state index in [4.69, 9.17) is 21.7 Å². The third-order valence-electron chi connectivity index (χ3n) is 2.84. The van der Waals surface area contributed by atoms with Gasteiger partial charge in [-0.05, 0) is 55.0 Å². The summed E-state index contributed by atoms with van der Waals surface area (Å²) in [5.41, 5.74) is 13.7. The van der Waals surface area contributed by atoms with Gasteiger partial charge in [-0.2, -0.15) is 0 Å². The highest BCUT2D eigenvalue weighted by Gasteiger charge is 1.85. The Hall–Kier alpha value is -3.14. The summed E-state index contributed by atoms with van der Waals surface area (Å²) in [6, 6.07) is 23.0. The predicted octanol–water partition coefficient (Wildman–Crippen LogP) is 3.94. The van der Waals surface area contributed by atoms with Crippen LogP contribution in [0.4, 0.5) is 11.4 Å². The number of nitrogens with two attached hydrogens (primary N) is 2. The molecule has 0 aromatic heterocycles. The summed E-state index contributed by atoms with van der Waals surface area (Å²) < 4.78 is 0. The molecular weight excluding hydrogens is 288 g/mol. The van der Waals surface area contributed by atoms with Crippen LogP contribution in [-0.4, -0.2) is 10.2 Å². The third-order valence-corrected chi connectivity index (χ3v) is 2.84. The van der Waals surface area contributed by atoms with E-state index in [-0.39, 0.29) is 11.5 Å². The summed E-state index contributed by atoms with van der Waals surface area (Å²) in [4.78, 5) is 0. The number of hydrogen-bond donors (Lipinski definition) is 4. The first kappa shape index (κ1) is 17.9. The van der Waals surface area contributed by atoms with Gasteiger partial charge in [0.05, 0.1) is 0 Å². The average molecular weight is 310 g/mol. The number of anilines is 2. The van der Waals surface area contributed by atoms with E-state index in [2.05, 4.69) is 0 Å². The van der Waals surface area contributed by atoms with Crippen LogP contribution in [0.25, 0.3) is 0 Å². The molecule has 0 unspecified atom stereocenters. The lowest BCUT2D eigenvalue weighted by Crippen LogP contribution is -1.85. The van der Waals surface area contributed by atoms with Gasteiger partial charge in [0.25, 0.3) is 0 Å². The van der Waals surface area contributed by atoms with Gasteiger partial charge in [0.1, 0.15) is 11.5 Å². The minimum Gasteiger partial charge on any atom is -0.508 e. The first-order chi connectivity index (χ1) is 11.0. The predicted molar refractivity (Wildman–Crippen MR) is 96.2 cm³/mol. The van der Waals surface area contributed by atoms with Gasteiger partial charge in [0.15, 0.2) is 0 Å². The molecule has 23 heavy (non-hydrogen) atoms. The monoisotopic (exact) mass is 310 g/mol. The van der Waals surface area contributed by atoms with Gasteiger partial charge in [-0.1, -0.05) is 36.4 Å². The van der Waals surface area contributed by atoms with E-state index in [0.29, 0.717) is 0 Å². The Morgan fingerprint density at radius 1 is 0.609 bits per heavy atom. The van der Waals surface area contributed by atoms with Gasteiger partial charge in [-0.3, -0.25) is 0 Å². The largest absolute Gasteiger partial charge is 0.508 e. The van der Waals surface area contributed by atoms with Crippen LogP contribution in [0.2, 0.25) is 0 Å². The maximum atomic E-state index is 8.65. The van der Waals surface area contributed by atoms with E-state index in [1.54, 1.807) is 0 Å². The van der Waals surface area contributed by atoms with E-state index in [1.807, 2.05) is 61.5 Å². The normalized spacial score (nSPS) is 8.91. The highest BCUT2D eigenvalue weighted by Crippen LogP contribution is 2.13. The van der Waals surface area contributed by atoms with E-state index < -0.39 is 0 Å². The summed E-state index contributed by atoms with van der Waals surface area (Å²) in [5, 5.41) is 17.3. The van der Waals surface area contributed by atoms with Crippen molar-refractivity contribution < 1.29 is 10.2 Å². The van der Waals surface area contributed by atoms with Gasteiger partial charge < -0.3 is 21.7 Å². The summed E-state index contributed by atoms with van der Waals surface area (Å²) in [5.74, 6) is 0.339. The molecule has 0 aliphatic heterocycles. The number of phenols is 2. The minimum absolute atomic E-state index is 0.169. The summed E-state index contributed by atoms with van der Waals surface area (Å²) in [6.07, 6.45) is 0. The summed E-state index contributed by atoms with van der Waals surface area (Å²) in [7, 11) is 0. The fraction of sp³-hybridized carbons (Fsp3) is 0.0526. The van der Waals surface area contributed by atoms with Crippen molar-refractivity contribution in [2.24, 2.45) is 0 Å². The van der Waals surface area contributed by atoms with Crippen molar-refractivity contribution in [3.63, 3.8) is 0 Å². The minimum atomic E-state index is 0.169. The Morgan fingerprint density at radius 3 is 1.35 bits per heavy atom. The molecule has 0 aliphatic rings. The van der Waals surface area contributed by atoms with Crippen molar-refractivity contribution in [2.75, 3.05) is 11.5 Å². The van der Waals surface area contributed by atoms with Crippen molar-refractivity contribution in [2.45, 2.75) is 6.92 Å². The molecule has 3 rings (SSSR count). The fourth-order valence-corrected chi connectivity index (χ4v) is 1.49. The first-order valence-corrected chi connectivity index (χ1v) is 7.08. The topological polar surface area (TPSA) is 92.5 Å². The van der Waals surface area contributed by atoms with Crippen LogP contribution in [0.15, 0.2) is 78.9 Å². The lowest BCUT2D eigenvalue weighted by atomic mass is 10.2. The second kappa shape index (κ2) is 9.73. The maximum Gasteiger partial charge on any atom is 0.115 e. The van der Waals surface area contributed by atoms with Crippen LogP contribution >= 0.6 is 0 Å². The Bertz CT molecular complexity index is 641. The fourth-order valence-electron chi connectivity index (χ4n) is 1.49. The molecule has 0 aliphatic carbocycles. The zero-order chi connectivity index (χ0) is 17.1. The molecule has 6 N–H and O–H groups in total. The molecule has 4 heteroatoms. The number of nitrogen functional groups attached to an aromatic ring is 2. The van der Waals surface area contributed by atoms with Crippen LogP contribution in [0, 0.1) is 6.92 Å². The van der Waals surface area contributed by atoms with Crippen LogP contribution < -0.4 is 11.5 Å². The molecular formula is C19H22N2O2. The molecule has 0 heterocycles. The Morgan fingerprint density at radius 2 is 1.04 bits per heavy atom. The van der Waals surface area contributed by atoms with Gasteiger partial charge in [0.2, 0.25) is 0 Å². The smallest absolute Gasteiger partial charge is 0.115 e. The van der Waals surface area contributed by atoms with Crippen LogP contribution in [0.5, 0.6) is 11.5 Å². The Kier molecular flexibility index (Phi) is 7.58. The lowest BCUT2D eigenvalue weighted by molar-refractivity contribution is 0.460. The molecule has 0 saturated heterocycles.